The fraction of sp³-hybridized carbons (Fsp3) is 0.0833. The SMILES string of the molecule is O=C(Cc1ccon1)Nc1ccc(C(=O)O)cc1. The Hall–Kier alpha value is -2.63. The first-order chi connectivity index (χ1) is 8.65. The van der Waals surface area contributed by atoms with Crippen LogP contribution in [-0.4, -0.2) is 22.1 Å². The molecule has 6 heteroatoms. The summed E-state index contributed by atoms with van der Waals surface area (Å²) in [7, 11) is 0. The van der Waals surface area contributed by atoms with Gasteiger partial charge in [-0.1, -0.05) is 5.16 Å². The van der Waals surface area contributed by atoms with Crippen LogP contribution in [0.2, 0.25) is 0 Å². The van der Waals surface area contributed by atoms with Gasteiger partial charge < -0.3 is 14.9 Å². The van der Waals surface area contributed by atoms with E-state index in [4.69, 9.17) is 5.11 Å². The third kappa shape index (κ3) is 2.94. The fourth-order valence-electron chi connectivity index (χ4n) is 1.39. The molecule has 0 radical (unpaired) electrons. The largest absolute Gasteiger partial charge is 0.478 e. The highest BCUT2D eigenvalue weighted by Gasteiger charge is 2.07. The van der Waals surface area contributed by atoms with Gasteiger partial charge in [0.15, 0.2) is 0 Å². The van der Waals surface area contributed by atoms with Gasteiger partial charge in [-0.15, -0.1) is 0 Å². The van der Waals surface area contributed by atoms with Gasteiger partial charge in [0.05, 0.1) is 17.7 Å². The van der Waals surface area contributed by atoms with Crippen molar-refractivity contribution in [2.45, 2.75) is 6.42 Å². The van der Waals surface area contributed by atoms with Crippen molar-refractivity contribution in [3.05, 3.63) is 47.9 Å². The number of hydrogen-bond donors (Lipinski definition) is 2. The Labute approximate surface area is 102 Å². The Morgan fingerprint density at radius 1 is 1.22 bits per heavy atom. The predicted octanol–water partition coefficient (Wildman–Crippen LogP) is 1.55. The van der Waals surface area contributed by atoms with Gasteiger partial charge in [0.1, 0.15) is 6.26 Å². The molecule has 1 aromatic carbocycles. The van der Waals surface area contributed by atoms with Crippen LogP contribution in [0.25, 0.3) is 0 Å². The van der Waals surface area contributed by atoms with Gasteiger partial charge in [-0.25, -0.2) is 4.79 Å². The number of nitrogens with one attached hydrogen (secondary N) is 1. The summed E-state index contributed by atoms with van der Waals surface area (Å²) in [4.78, 5) is 22.2. The van der Waals surface area contributed by atoms with Crippen LogP contribution in [-0.2, 0) is 11.2 Å². The van der Waals surface area contributed by atoms with Gasteiger partial charge in [-0.2, -0.15) is 0 Å². The lowest BCUT2D eigenvalue weighted by Gasteiger charge is -2.03. The normalized spacial score (nSPS) is 10.0. The molecule has 18 heavy (non-hydrogen) atoms. The Morgan fingerprint density at radius 2 is 1.94 bits per heavy atom. The monoisotopic (exact) mass is 246 g/mol. The lowest BCUT2D eigenvalue weighted by atomic mass is 10.2. The average molecular weight is 246 g/mol. The van der Waals surface area contributed by atoms with Crippen LogP contribution >= 0.6 is 0 Å². The zero-order valence-corrected chi connectivity index (χ0v) is 9.29. The van der Waals surface area contributed by atoms with Gasteiger partial charge in [0.25, 0.3) is 0 Å². The van der Waals surface area contributed by atoms with E-state index in [9.17, 15) is 9.59 Å². The molecule has 0 saturated carbocycles. The summed E-state index contributed by atoms with van der Waals surface area (Å²) in [6, 6.07) is 7.52. The van der Waals surface area contributed by atoms with E-state index >= 15 is 0 Å². The number of carbonyl (C=O) groups excluding carboxylic acids is 1. The topological polar surface area (TPSA) is 92.4 Å². The summed E-state index contributed by atoms with van der Waals surface area (Å²) < 4.78 is 4.61. The molecule has 0 spiro atoms. The molecule has 0 saturated heterocycles. The molecule has 0 aliphatic heterocycles. The number of benzene rings is 1. The quantitative estimate of drug-likeness (QED) is 0.853. The molecule has 1 amide bonds. The second kappa shape index (κ2) is 5.13. The molecule has 1 heterocycles. The molecule has 0 bridgehead atoms. The Kier molecular flexibility index (Phi) is 3.38. The van der Waals surface area contributed by atoms with E-state index in [2.05, 4.69) is 15.0 Å². The predicted molar refractivity (Wildman–Crippen MR) is 62.2 cm³/mol. The molecule has 92 valence electrons. The molecule has 0 fully saturated rings. The molecule has 6 nitrogen and oxygen atoms in total. The number of carboxylic acid groups (broad SMARTS) is 1. The smallest absolute Gasteiger partial charge is 0.335 e. The molecule has 2 aromatic rings. The number of carbonyl (C=O) groups is 2. The molecular weight excluding hydrogens is 236 g/mol. The van der Waals surface area contributed by atoms with Crippen LogP contribution in [0.4, 0.5) is 5.69 Å². The number of aromatic carboxylic acids is 1. The molecule has 0 unspecified atom stereocenters. The zero-order valence-electron chi connectivity index (χ0n) is 9.29. The van der Waals surface area contributed by atoms with Crippen LogP contribution in [0.3, 0.4) is 0 Å². The first-order valence-electron chi connectivity index (χ1n) is 5.17. The molecule has 0 aliphatic carbocycles. The van der Waals surface area contributed by atoms with E-state index in [1.165, 1.54) is 30.5 Å². The van der Waals surface area contributed by atoms with Crippen molar-refractivity contribution < 1.29 is 19.2 Å². The highest BCUT2D eigenvalue weighted by atomic mass is 16.5. The third-order valence-corrected chi connectivity index (χ3v) is 2.25. The summed E-state index contributed by atoms with van der Waals surface area (Å²) in [5.74, 6) is -1.25. The standard InChI is InChI=1S/C12H10N2O4/c15-11(7-10-5-6-18-14-10)13-9-3-1-8(2-4-9)12(16)17/h1-6H,7H2,(H,13,15)(H,16,17). The molecule has 0 aliphatic rings. The second-order valence-electron chi connectivity index (χ2n) is 3.60. The first kappa shape index (κ1) is 11.8. The molecular formula is C12H10N2O4. The summed E-state index contributed by atoms with van der Waals surface area (Å²) in [6.07, 6.45) is 1.50. The van der Waals surface area contributed by atoms with E-state index in [0.717, 1.165) is 0 Å². The van der Waals surface area contributed by atoms with Crippen LogP contribution in [0.1, 0.15) is 16.1 Å². The highest BCUT2D eigenvalue weighted by molar-refractivity contribution is 5.93. The number of aromatic nitrogens is 1. The van der Waals surface area contributed by atoms with Gasteiger partial charge in [0, 0.05) is 11.8 Å². The molecule has 2 N–H and O–H groups in total. The Balaban J connectivity index is 1.97. The number of nitrogens with zero attached hydrogens (tertiary/aromatic N) is 1. The van der Waals surface area contributed by atoms with Crippen LogP contribution in [0, 0.1) is 0 Å². The van der Waals surface area contributed by atoms with Crippen molar-refractivity contribution in [1.82, 2.24) is 5.16 Å². The Morgan fingerprint density at radius 3 is 2.50 bits per heavy atom. The van der Waals surface area contributed by atoms with E-state index in [-0.39, 0.29) is 17.9 Å². The van der Waals surface area contributed by atoms with Gasteiger partial charge in [0.2, 0.25) is 5.91 Å². The maximum Gasteiger partial charge on any atom is 0.335 e. The lowest BCUT2D eigenvalue weighted by molar-refractivity contribution is -0.115. The van der Waals surface area contributed by atoms with E-state index in [1.54, 1.807) is 6.07 Å². The summed E-state index contributed by atoms with van der Waals surface area (Å²) >= 11 is 0. The number of carboxylic acids is 1. The van der Waals surface area contributed by atoms with Crippen LogP contribution in [0.5, 0.6) is 0 Å². The van der Waals surface area contributed by atoms with Crippen molar-refractivity contribution in [2.75, 3.05) is 5.32 Å². The maximum atomic E-state index is 11.6. The van der Waals surface area contributed by atoms with Crippen LogP contribution < -0.4 is 5.32 Å². The number of anilines is 1. The minimum absolute atomic E-state index is 0.108. The average Bonchev–Trinajstić information content (AvgIpc) is 2.82. The zero-order chi connectivity index (χ0) is 13.0. The highest BCUT2D eigenvalue weighted by Crippen LogP contribution is 2.10. The van der Waals surface area contributed by atoms with Crippen molar-refractivity contribution in [3.63, 3.8) is 0 Å². The first-order valence-corrected chi connectivity index (χ1v) is 5.17. The third-order valence-electron chi connectivity index (χ3n) is 2.25. The van der Waals surface area contributed by atoms with Crippen molar-refractivity contribution in [1.29, 1.82) is 0 Å². The van der Waals surface area contributed by atoms with Gasteiger partial charge >= 0.3 is 5.97 Å². The van der Waals surface area contributed by atoms with Gasteiger partial charge in [-0.3, -0.25) is 4.79 Å². The number of rotatable bonds is 4. The Bertz CT molecular complexity index is 546. The fourth-order valence-corrected chi connectivity index (χ4v) is 1.39. The maximum absolute atomic E-state index is 11.6. The summed E-state index contributed by atoms with van der Waals surface area (Å²) in [6.45, 7) is 0. The minimum Gasteiger partial charge on any atom is -0.478 e. The van der Waals surface area contributed by atoms with E-state index < -0.39 is 5.97 Å². The van der Waals surface area contributed by atoms with E-state index in [1.807, 2.05) is 0 Å². The van der Waals surface area contributed by atoms with Crippen molar-refractivity contribution >= 4 is 17.6 Å². The summed E-state index contributed by atoms with van der Waals surface area (Å²) in [5.41, 5.74) is 1.24. The van der Waals surface area contributed by atoms with E-state index in [0.29, 0.717) is 11.4 Å². The molecule has 2 rings (SSSR count). The number of hydrogen-bond acceptors (Lipinski definition) is 4. The molecule has 0 atom stereocenters. The summed E-state index contributed by atoms with van der Waals surface area (Å²) in [5, 5.41) is 15.0. The minimum atomic E-state index is -1.00. The van der Waals surface area contributed by atoms with Gasteiger partial charge in [-0.05, 0) is 24.3 Å². The second-order valence-corrected chi connectivity index (χ2v) is 3.60. The van der Waals surface area contributed by atoms with Crippen molar-refractivity contribution in [3.8, 4) is 0 Å². The van der Waals surface area contributed by atoms with Crippen molar-refractivity contribution in [2.24, 2.45) is 0 Å². The lowest BCUT2D eigenvalue weighted by Crippen LogP contribution is -2.14. The molecule has 1 aromatic heterocycles. The number of amides is 1. The van der Waals surface area contributed by atoms with Crippen LogP contribution in [0.15, 0.2) is 41.1 Å².